The highest BCUT2D eigenvalue weighted by atomic mass is 16.2. The number of nitrogens with one attached hydrogen (secondary N) is 3. The van der Waals surface area contributed by atoms with Crippen LogP contribution in [0.2, 0.25) is 0 Å². The third-order valence-electron chi connectivity index (χ3n) is 4.01. The van der Waals surface area contributed by atoms with Gasteiger partial charge in [-0.15, -0.1) is 0 Å². The van der Waals surface area contributed by atoms with Crippen LogP contribution in [-0.2, 0) is 0 Å². The molecule has 0 fully saturated rings. The van der Waals surface area contributed by atoms with E-state index in [9.17, 15) is 9.59 Å². The number of hydrogen-bond donors (Lipinski definition) is 3. The number of aromatic amines is 2. The largest absolute Gasteiger partial charge is 0.323 e. The summed E-state index contributed by atoms with van der Waals surface area (Å²) in [5, 5.41) is 2.86. The molecule has 0 aliphatic rings. The minimum Gasteiger partial charge on any atom is -0.322 e. The van der Waals surface area contributed by atoms with Crippen molar-refractivity contribution in [2.45, 2.75) is 0 Å². The van der Waals surface area contributed by atoms with Gasteiger partial charge >= 0.3 is 5.69 Å². The topological polar surface area (TPSA) is 77.8 Å². The Morgan fingerprint density at radius 1 is 0.760 bits per heavy atom. The molecule has 122 valence electrons. The zero-order valence-corrected chi connectivity index (χ0v) is 13.2. The van der Waals surface area contributed by atoms with Crippen LogP contribution in [-0.4, -0.2) is 15.9 Å². The van der Waals surface area contributed by atoms with Crippen molar-refractivity contribution in [3.05, 3.63) is 88.8 Å². The summed E-state index contributed by atoms with van der Waals surface area (Å²) in [5.74, 6) is -0.199. The van der Waals surface area contributed by atoms with E-state index in [0.29, 0.717) is 22.3 Å². The molecular formula is C20H15N3O2. The quantitative estimate of drug-likeness (QED) is 0.535. The molecule has 4 rings (SSSR count). The summed E-state index contributed by atoms with van der Waals surface area (Å²) in [6.45, 7) is 0. The molecule has 0 bridgehead atoms. The maximum absolute atomic E-state index is 12.5. The van der Waals surface area contributed by atoms with Gasteiger partial charge in [0.15, 0.2) is 0 Å². The van der Waals surface area contributed by atoms with Crippen LogP contribution in [0.3, 0.4) is 0 Å². The Kier molecular flexibility index (Phi) is 3.67. The fourth-order valence-electron chi connectivity index (χ4n) is 2.78. The summed E-state index contributed by atoms with van der Waals surface area (Å²) in [7, 11) is 0. The molecule has 5 heteroatoms. The summed E-state index contributed by atoms with van der Waals surface area (Å²) in [5.41, 5.74) is 4.33. The SMILES string of the molecule is O=C(Nc1ccc2[nH]c(=O)[nH]c2c1)c1cccc(-c2ccccc2)c1. The van der Waals surface area contributed by atoms with Gasteiger partial charge in [-0.25, -0.2) is 4.79 Å². The van der Waals surface area contributed by atoms with Gasteiger partial charge in [0.25, 0.3) is 5.91 Å². The molecule has 1 heterocycles. The number of anilines is 1. The van der Waals surface area contributed by atoms with Crippen LogP contribution in [0.5, 0.6) is 0 Å². The van der Waals surface area contributed by atoms with Crippen LogP contribution in [0, 0.1) is 0 Å². The van der Waals surface area contributed by atoms with Crippen LogP contribution in [0.25, 0.3) is 22.2 Å². The first-order valence-electron chi connectivity index (χ1n) is 7.88. The Balaban J connectivity index is 1.61. The molecule has 0 unspecified atom stereocenters. The van der Waals surface area contributed by atoms with Crippen molar-refractivity contribution in [3.8, 4) is 11.1 Å². The number of aromatic nitrogens is 2. The van der Waals surface area contributed by atoms with Crippen LogP contribution in [0.1, 0.15) is 10.4 Å². The molecule has 1 aromatic heterocycles. The highest BCUT2D eigenvalue weighted by Gasteiger charge is 2.08. The van der Waals surface area contributed by atoms with E-state index in [4.69, 9.17) is 0 Å². The van der Waals surface area contributed by atoms with Crippen molar-refractivity contribution in [2.75, 3.05) is 5.32 Å². The molecule has 0 aliphatic carbocycles. The lowest BCUT2D eigenvalue weighted by molar-refractivity contribution is 0.102. The molecule has 1 amide bonds. The van der Waals surface area contributed by atoms with Crippen LogP contribution < -0.4 is 11.0 Å². The van der Waals surface area contributed by atoms with E-state index in [1.165, 1.54) is 0 Å². The second-order valence-electron chi connectivity index (χ2n) is 5.74. The van der Waals surface area contributed by atoms with Crippen molar-refractivity contribution >= 4 is 22.6 Å². The van der Waals surface area contributed by atoms with Gasteiger partial charge in [-0.05, 0) is 41.5 Å². The van der Waals surface area contributed by atoms with E-state index in [1.807, 2.05) is 48.5 Å². The average molecular weight is 329 g/mol. The monoisotopic (exact) mass is 329 g/mol. The maximum atomic E-state index is 12.5. The van der Waals surface area contributed by atoms with Gasteiger partial charge in [0, 0.05) is 11.3 Å². The van der Waals surface area contributed by atoms with Gasteiger partial charge < -0.3 is 15.3 Å². The number of benzene rings is 3. The van der Waals surface area contributed by atoms with Crippen molar-refractivity contribution < 1.29 is 4.79 Å². The maximum Gasteiger partial charge on any atom is 0.323 e. The molecule has 0 spiro atoms. The van der Waals surface area contributed by atoms with Crippen molar-refractivity contribution in [1.82, 2.24) is 9.97 Å². The zero-order chi connectivity index (χ0) is 17.2. The summed E-state index contributed by atoms with van der Waals surface area (Å²) in [6.07, 6.45) is 0. The molecular weight excluding hydrogens is 314 g/mol. The highest BCUT2D eigenvalue weighted by Crippen LogP contribution is 2.21. The molecule has 0 atom stereocenters. The van der Waals surface area contributed by atoms with Gasteiger partial charge in [0.2, 0.25) is 0 Å². The molecule has 25 heavy (non-hydrogen) atoms. The molecule has 4 aromatic rings. The van der Waals surface area contributed by atoms with E-state index in [2.05, 4.69) is 15.3 Å². The van der Waals surface area contributed by atoms with E-state index in [-0.39, 0.29) is 11.6 Å². The van der Waals surface area contributed by atoms with Gasteiger partial charge in [-0.1, -0.05) is 42.5 Å². The number of amides is 1. The smallest absolute Gasteiger partial charge is 0.322 e. The second-order valence-corrected chi connectivity index (χ2v) is 5.74. The Morgan fingerprint density at radius 3 is 2.36 bits per heavy atom. The fourth-order valence-corrected chi connectivity index (χ4v) is 2.78. The molecule has 0 saturated carbocycles. The summed E-state index contributed by atoms with van der Waals surface area (Å²) in [6, 6.07) is 22.6. The summed E-state index contributed by atoms with van der Waals surface area (Å²) in [4.78, 5) is 29.2. The summed E-state index contributed by atoms with van der Waals surface area (Å²) >= 11 is 0. The van der Waals surface area contributed by atoms with Gasteiger partial charge in [0.1, 0.15) is 0 Å². The fraction of sp³-hybridized carbons (Fsp3) is 0. The number of hydrogen-bond acceptors (Lipinski definition) is 2. The molecule has 3 aromatic carbocycles. The normalized spacial score (nSPS) is 10.7. The van der Waals surface area contributed by atoms with Crippen LogP contribution >= 0.6 is 0 Å². The van der Waals surface area contributed by atoms with E-state index in [1.54, 1.807) is 24.3 Å². The minimum atomic E-state index is -0.269. The molecule has 5 nitrogen and oxygen atoms in total. The van der Waals surface area contributed by atoms with E-state index >= 15 is 0 Å². The number of H-pyrrole nitrogens is 2. The third-order valence-corrected chi connectivity index (χ3v) is 4.01. The lowest BCUT2D eigenvalue weighted by atomic mass is 10.0. The zero-order valence-electron chi connectivity index (χ0n) is 13.2. The second kappa shape index (κ2) is 6.13. The molecule has 0 radical (unpaired) electrons. The number of rotatable bonds is 3. The predicted molar refractivity (Wildman–Crippen MR) is 98.8 cm³/mol. The Hall–Kier alpha value is -3.60. The van der Waals surface area contributed by atoms with Crippen LogP contribution in [0.15, 0.2) is 77.6 Å². The van der Waals surface area contributed by atoms with Crippen molar-refractivity contribution in [1.29, 1.82) is 0 Å². The number of fused-ring (bicyclic) bond motifs is 1. The lowest BCUT2D eigenvalue weighted by Crippen LogP contribution is -2.11. The number of carbonyl (C=O) groups is 1. The predicted octanol–water partition coefficient (Wildman–Crippen LogP) is 3.78. The Labute approximate surface area is 143 Å². The summed E-state index contributed by atoms with van der Waals surface area (Å²) < 4.78 is 0. The minimum absolute atomic E-state index is 0.199. The molecule has 0 aliphatic heterocycles. The van der Waals surface area contributed by atoms with E-state index in [0.717, 1.165) is 11.1 Å². The van der Waals surface area contributed by atoms with Crippen molar-refractivity contribution in [2.24, 2.45) is 0 Å². The van der Waals surface area contributed by atoms with Gasteiger partial charge in [-0.2, -0.15) is 0 Å². The number of carbonyl (C=O) groups excluding carboxylic acids is 1. The third kappa shape index (κ3) is 3.07. The standard InChI is InChI=1S/C20H15N3O2/c24-19(21-16-9-10-17-18(12-16)23-20(25)22-17)15-8-4-7-14(11-15)13-5-2-1-3-6-13/h1-12H,(H,21,24)(H2,22,23,25). The average Bonchev–Trinajstić information content (AvgIpc) is 3.02. The first-order chi connectivity index (χ1) is 12.2. The van der Waals surface area contributed by atoms with E-state index < -0.39 is 0 Å². The lowest BCUT2D eigenvalue weighted by Gasteiger charge is -2.07. The highest BCUT2D eigenvalue weighted by molar-refractivity contribution is 6.05. The first-order valence-corrected chi connectivity index (χ1v) is 7.88. The Morgan fingerprint density at radius 2 is 1.52 bits per heavy atom. The first kappa shape index (κ1) is 15.0. The van der Waals surface area contributed by atoms with Crippen LogP contribution in [0.4, 0.5) is 5.69 Å². The molecule has 0 saturated heterocycles. The van der Waals surface area contributed by atoms with Crippen molar-refractivity contribution in [3.63, 3.8) is 0 Å². The Bertz CT molecular complexity index is 1110. The number of imidazole rings is 1. The van der Waals surface area contributed by atoms with Gasteiger partial charge in [-0.3, -0.25) is 4.79 Å². The van der Waals surface area contributed by atoms with Gasteiger partial charge in [0.05, 0.1) is 11.0 Å². The molecule has 3 N–H and O–H groups in total.